The van der Waals surface area contributed by atoms with E-state index in [0.717, 1.165) is 28.1 Å². The second-order valence-corrected chi connectivity index (χ2v) is 10.0. The molecule has 2 aromatic rings. The summed E-state index contributed by atoms with van der Waals surface area (Å²) >= 11 is 0. The van der Waals surface area contributed by atoms with Crippen LogP contribution in [0.5, 0.6) is 0 Å². The Kier molecular flexibility index (Phi) is 8.83. The number of carbonyl (C=O) groups is 2. The van der Waals surface area contributed by atoms with E-state index in [0.29, 0.717) is 5.69 Å². The van der Waals surface area contributed by atoms with Crippen molar-refractivity contribution in [1.29, 1.82) is 0 Å². The van der Waals surface area contributed by atoms with Crippen molar-refractivity contribution in [1.82, 2.24) is 10.2 Å². The summed E-state index contributed by atoms with van der Waals surface area (Å²) in [5.41, 5.74) is 2.33. The molecule has 0 aliphatic heterocycles. The second-order valence-electron chi connectivity index (χ2n) is 8.14. The van der Waals surface area contributed by atoms with E-state index < -0.39 is 28.5 Å². The van der Waals surface area contributed by atoms with Gasteiger partial charge in [0.25, 0.3) is 0 Å². The van der Waals surface area contributed by atoms with Gasteiger partial charge < -0.3 is 10.2 Å². The first-order valence-corrected chi connectivity index (χ1v) is 12.6. The van der Waals surface area contributed by atoms with Crippen molar-refractivity contribution in [2.45, 2.75) is 52.7 Å². The van der Waals surface area contributed by atoms with Crippen LogP contribution >= 0.6 is 0 Å². The smallest absolute Gasteiger partial charge is 0.244 e. The highest BCUT2D eigenvalue weighted by Gasteiger charge is 2.30. The van der Waals surface area contributed by atoms with Gasteiger partial charge >= 0.3 is 0 Å². The van der Waals surface area contributed by atoms with E-state index in [1.54, 1.807) is 19.1 Å². The van der Waals surface area contributed by atoms with Crippen LogP contribution in [0.3, 0.4) is 0 Å². The minimum Gasteiger partial charge on any atom is -0.352 e. The third kappa shape index (κ3) is 7.09. The number of nitrogens with one attached hydrogen (secondary N) is 1. The Labute approximate surface area is 191 Å². The first-order chi connectivity index (χ1) is 15.0. The standard InChI is InChI=1S/C24H33N3O4S/c1-6-20-12-14-22(15-13-20)27(32(5,30)31)17-23(28)26(16-21-10-8-7-9-11-21)19(4)24(29)25-18(2)3/h7-15,18-19H,6,16-17H2,1-5H3,(H,25,29)/t19-/m0/s1. The summed E-state index contributed by atoms with van der Waals surface area (Å²) in [6.45, 7) is 7.16. The predicted octanol–water partition coefficient (Wildman–Crippen LogP) is 2.96. The van der Waals surface area contributed by atoms with E-state index in [-0.39, 0.29) is 18.5 Å². The maximum atomic E-state index is 13.4. The fourth-order valence-electron chi connectivity index (χ4n) is 3.28. The number of sulfonamides is 1. The number of aryl methyl sites for hydroxylation is 1. The molecule has 0 fully saturated rings. The zero-order chi connectivity index (χ0) is 23.9. The van der Waals surface area contributed by atoms with Crippen molar-refractivity contribution < 1.29 is 18.0 Å². The fraction of sp³-hybridized carbons (Fsp3) is 0.417. The molecule has 0 radical (unpaired) electrons. The number of anilines is 1. The number of carbonyl (C=O) groups excluding carboxylic acids is 2. The van der Waals surface area contributed by atoms with Crippen LogP contribution in [0.15, 0.2) is 54.6 Å². The predicted molar refractivity (Wildman–Crippen MR) is 128 cm³/mol. The zero-order valence-corrected chi connectivity index (χ0v) is 20.2. The quantitative estimate of drug-likeness (QED) is 0.592. The fourth-order valence-corrected chi connectivity index (χ4v) is 4.13. The van der Waals surface area contributed by atoms with E-state index >= 15 is 0 Å². The van der Waals surface area contributed by atoms with Crippen LogP contribution in [0.4, 0.5) is 5.69 Å². The third-order valence-corrected chi connectivity index (χ3v) is 6.25. The number of benzene rings is 2. The molecule has 0 aliphatic rings. The van der Waals surface area contributed by atoms with Crippen molar-refractivity contribution in [2.75, 3.05) is 17.1 Å². The highest BCUT2D eigenvalue weighted by molar-refractivity contribution is 7.92. The summed E-state index contributed by atoms with van der Waals surface area (Å²) in [5, 5.41) is 2.83. The van der Waals surface area contributed by atoms with Gasteiger partial charge in [-0.25, -0.2) is 8.42 Å². The Morgan fingerprint density at radius 1 is 0.938 bits per heavy atom. The van der Waals surface area contributed by atoms with Gasteiger partial charge in [0.1, 0.15) is 12.6 Å². The topological polar surface area (TPSA) is 86.8 Å². The highest BCUT2D eigenvalue weighted by Crippen LogP contribution is 2.20. The van der Waals surface area contributed by atoms with Crippen LogP contribution in [0.25, 0.3) is 0 Å². The average Bonchev–Trinajstić information content (AvgIpc) is 2.74. The van der Waals surface area contributed by atoms with E-state index in [9.17, 15) is 18.0 Å². The molecule has 2 amide bonds. The SMILES string of the molecule is CCc1ccc(N(CC(=O)N(Cc2ccccc2)[C@@H](C)C(=O)NC(C)C)S(C)(=O)=O)cc1. The molecule has 0 bridgehead atoms. The van der Waals surface area contributed by atoms with Gasteiger partial charge in [-0.1, -0.05) is 49.4 Å². The zero-order valence-electron chi connectivity index (χ0n) is 19.4. The van der Waals surface area contributed by atoms with E-state index in [1.165, 1.54) is 4.90 Å². The summed E-state index contributed by atoms with van der Waals surface area (Å²) in [5.74, 6) is -0.743. The van der Waals surface area contributed by atoms with Crippen molar-refractivity contribution in [3.05, 3.63) is 65.7 Å². The van der Waals surface area contributed by atoms with Crippen LogP contribution in [-0.4, -0.2) is 50.0 Å². The summed E-state index contributed by atoms with van der Waals surface area (Å²) in [7, 11) is -3.72. The molecule has 0 aliphatic carbocycles. The number of nitrogens with zero attached hydrogens (tertiary/aromatic N) is 2. The van der Waals surface area contributed by atoms with Crippen LogP contribution in [0, 0.1) is 0 Å². The minimum absolute atomic E-state index is 0.0803. The number of amides is 2. The van der Waals surface area contributed by atoms with Crippen LogP contribution in [0.2, 0.25) is 0 Å². The molecule has 0 heterocycles. The molecule has 0 unspecified atom stereocenters. The van der Waals surface area contributed by atoms with Crippen molar-refractivity contribution in [2.24, 2.45) is 0 Å². The van der Waals surface area contributed by atoms with Crippen molar-refractivity contribution >= 4 is 27.5 Å². The monoisotopic (exact) mass is 459 g/mol. The van der Waals surface area contributed by atoms with Crippen LogP contribution in [-0.2, 0) is 32.6 Å². The molecule has 0 spiro atoms. The average molecular weight is 460 g/mol. The molecule has 174 valence electrons. The lowest BCUT2D eigenvalue weighted by molar-refractivity contribution is -0.139. The second kappa shape index (κ2) is 11.1. The Morgan fingerprint density at radius 3 is 2.03 bits per heavy atom. The Balaban J connectivity index is 2.35. The summed E-state index contributed by atoms with van der Waals surface area (Å²) in [6, 6.07) is 15.6. The Bertz CT molecular complexity index is 1010. The molecule has 7 nitrogen and oxygen atoms in total. The van der Waals surface area contributed by atoms with Crippen LogP contribution in [0.1, 0.15) is 38.8 Å². The first-order valence-electron chi connectivity index (χ1n) is 10.7. The van der Waals surface area contributed by atoms with Gasteiger partial charge in [0, 0.05) is 12.6 Å². The number of hydrogen-bond donors (Lipinski definition) is 1. The van der Waals surface area contributed by atoms with E-state index in [4.69, 9.17) is 0 Å². The molecule has 2 aromatic carbocycles. The summed E-state index contributed by atoms with van der Waals surface area (Å²) in [4.78, 5) is 27.5. The maximum absolute atomic E-state index is 13.4. The first kappa shape index (κ1) is 25.4. The lowest BCUT2D eigenvalue weighted by Crippen LogP contribution is -2.52. The van der Waals surface area contributed by atoms with Gasteiger partial charge in [-0.05, 0) is 50.5 Å². The molecule has 8 heteroatoms. The lowest BCUT2D eigenvalue weighted by Gasteiger charge is -2.32. The highest BCUT2D eigenvalue weighted by atomic mass is 32.2. The molecule has 0 saturated carbocycles. The number of hydrogen-bond acceptors (Lipinski definition) is 4. The Hall–Kier alpha value is -2.87. The Morgan fingerprint density at radius 2 is 1.53 bits per heavy atom. The molecular weight excluding hydrogens is 426 g/mol. The normalized spacial score (nSPS) is 12.3. The molecule has 1 N–H and O–H groups in total. The third-order valence-electron chi connectivity index (χ3n) is 5.11. The molecule has 0 saturated heterocycles. The van der Waals surface area contributed by atoms with Crippen LogP contribution < -0.4 is 9.62 Å². The van der Waals surface area contributed by atoms with Gasteiger partial charge in [0.2, 0.25) is 21.8 Å². The van der Waals surface area contributed by atoms with Gasteiger partial charge in [-0.2, -0.15) is 0 Å². The van der Waals surface area contributed by atoms with Gasteiger partial charge in [-0.3, -0.25) is 13.9 Å². The van der Waals surface area contributed by atoms with Crippen molar-refractivity contribution in [3.63, 3.8) is 0 Å². The molecule has 2 rings (SSSR count). The van der Waals surface area contributed by atoms with Gasteiger partial charge in [0.15, 0.2) is 0 Å². The molecule has 32 heavy (non-hydrogen) atoms. The molecular formula is C24H33N3O4S. The number of rotatable bonds is 10. The molecule has 0 aromatic heterocycles. The van der Waals surface area contributed by atoms with E-state index in [2.05, 4.69) is 5.32 Å². The molecule has 1 atom stereocenters. The minimum atomic E-state index is -3.72. The van der Waals surface area contributed by atoms with Gasteiger partial charge in [0.05, 0.1) is 11.9 Å². The largest absolute Gasteiger partial charge is 0.352 e. The lowest BCUT2D eigenvalue weighted by atomic mass is 10.1. The maximum Gasteiger partial charge on any atom is 0.244 e. The van der Waals surface area contributed by atoms with Gasteiger partial charge in [-0.15, -0.1) is 0 Å². The summed E-state index contributed by atoms with van der Waals surface area (Å²) < 4.78 is 26.1. The van der Waals surface area contributed by atoms with Crippen molar-refractivity contribution in [3.8, 4) is 0 Å². The van der Waals surface area contributed by atoms with E-state index in [1.807, 2.05) is 63.2 Å². The summed E-state index contributed by atoms with van der Waals surface area (Å²) in [6.07, 6.45) is 1.90.